The van der Waals surface area contributed by atoms with E-state index in [4.69, 9.17) is 32.7 Å². The van der Waals surface area contributed by atoms with Crippen molar-refractivity contribution in [1.29, 1.82) is 0 Å². The maximum Gasteiger partial charge on any atom is 0.161 e. The lowest BCUT2D eigenvalue weighted by Crippen LogP contribution is -2.04. The van der Waals surface area contributed by atoms with Crippen LogP contribution in [-0.4, -0.2) is 23.3 Å². The molecule has 3 rings (SSSR count). The predicted molar refractivity (Wildman–Crippen MR) is 80.4 cm³/mol. The van der Waals surface area contributed by atoms with Gasteiger partial charge in [0.25, 0.3) is 0 Å². The van der Waals surface area contributed by atoms with Gasteiger partial charge in [-0.05, 0) is 23.8 Å². The van der Waals surface area contributed by atoms with Crippen LogP contribution in [-0.2, 0) is 0 Å². The molecule has 1 atom stereocenters. The summed E-state index contributed by atoms with van der Waals surface area (Å²) < 4.78 is 11.2. The highest BCUT2D eigenvalue weighted by molar-refractivity contribution is 6.34. The van der Waals surface area contributed by atoms with Gasteiger partial charge in [-0.25, -0.2) is 0 Å². The van der Waals surface area contributed by atoms with Crippen LogP contribution in [0.25, 0.3) is 0 Å². The topological polar surface area (TPSA) is 51.6 Å². The summed E-state index contributed by atoms with van der Waals surface area (Å²) in [6.07, 6.45) is 1.33. The molecule has 1 aliphatic heterocycles. The largest absolute Gasteiger partial charge is 0.490 e. The first kappa shape index (κ1) is 14.4. The van der Waals surface area contributed by atoms with Gasteiger partial charge in [0.2, 0.25) is 0 Å². The zero-order valence-electron chi connectivity index (χ0n) is 11.1. The van der Waals surface area contributed by atoms with E-state index in [1.54, 1.807) is 24.3 Å². The molecular weight excluding hydrogens is 313 g/mol. The Morgan fingerprint density at radius 2 is 1.86 bits per heavy atom. The summed E-state index contributed by atoms with van der Waals surface area (Å²) in [5, 5.41) is 11.2. The summed E-state index contributed by atoms with van der Waals surface area (Å²) in [6, 6.07) is 6.85. The summed E-state index contributed by atoms with van der Waals surface area (Å²) in [5.41, 5.74) is 0.992. The van der Waals surface area contributed by atoms with Crippen molar-refractivity contribution < 1.29 is 14.6 Å². The van der Waals surface area contributed by atoms with Gasteiger partial charge in [-0.3, -0.25) is 4.98 Å². The van der Waals surface area contributed by atoms with Gasteiger partial charge in [-0.1, -0.05) is 29.3 Å². The molecule has 1 aromatic heterocycles. The fourth-order valence-electron chi connectivity index (χ4n) is 2.13. The predicted octanol–water partition coefficient (Wildman–Crippen LogP) is 3.63. The van der Waals surface area contributed by atoms with Crippen LogP contribution in [0.5, 0.6) is 11.5 Å². The molecule has 0 fully saturated rings. The van der Waals surface area contributed by atoms with Crippen LogP contribution in [0.1, 0.15) is 23.8 Å². The monoisotopic (exact) mass is 325 g/mol. The number of aliphatic hydroxyl groups excluding tert-OH is 1. The van der Waals surface area contributed by atoms with E-state index >= 15 is 0 Å². The van der Waals surface area contributed by atoms with Gasteiger partial charge >= 0.3 is 0 Å². The molecule has 0 spiro atoms. The number of halogens is 2. The van der Waals surface area contributed by atoms with Crippen LogP contribution in [0, 0.1) is 0 Å². The summed E-state index contributed by atoms with van der Waals surface area (Å²) in [4.78, 5) is 4.10. The number of hydrogen-bond donors (Lipinski definition) is 1. The van der Waals surface area contributed by atoms with Crippen LogP contribution < -0.4 is 9.47 Å². The quantitative estimate of drug-likeness (QED) is 0.916. The van der Waals surface area contributed by atoms with Crippen LogP contribution in [0.3, 0.4) is 0 Å². The number of hydrogen-bond acceptors (Lipinski definition) is 4. The molecule has 0 saturated heterocycles. The zero-order valence-corrected chi connectivity index (χ0v) is 12.6. The lowest BCUT2D eigenvalue weighted by Gasteiger charge is -2.14. The molecule has 0 radical (unpaired) electrons. The van der Waals surface area contributed by atoms with Crippen molar-refractivity contribution in [2.24, 2.45) is 0 Å². The van der Waals surface area contributed by atoms with Crippen molar-refractivity contribution in [2.45, 2.75) is 12.5 Å². The Balaban J connectivity index is 1.94. The third-order valence-corrected chi connectivity index (χ3v) is 3.69. The molecular formula is C15H13Cl2NO3. The van der Waals surface area contributed by atoms with Crippen molar-refractivity contribution >= 4 is 23.2 Å². The SMILES string of the molecule is OC(c1ccc2c(c1)OCCCO2)c1ncc(Cl)cc1Cl. The highest BCUT2D eigenvalue weighted by atomic mass is 35.5. The molecule has 0 amide bonds. The molecule has 21 heavy (non-hydrogen) atoms. The van der Waals surface area contributed by atoms with E-state index in [0.717, 1.165) is 6.42 Å². The smallest absolute Gasteiger partial charge is 0.161 e. The molecule has 0 bridgehead atoms. The fraction of sp³-hybridized carbons (Fsp3) is 0.267. The van der Waals surface area contributed by atoms with Gasteiger partial charge in [0.1, 0.15) is 6.10 Å². The summed E-state index contributed by atoms with van der Waals surface area (Å²) in [6.45, 7) is 1.21. The van der Waals surface area contributed by atoms with E-state index in [0.29, 0.717) is 46.0 Å². The summed E-state index contributed by atoms with van der Waals surface area (Å²) in [7, 11) is 0. The van der Waals surface area contributed by atoms with E-state index in [1.165, 1.54) is 6.20 Å². The number of aromatic nitrogens is 1. The molecule has 4 nitrogen and oxygen atoms in total. The second-order valence-corrected chi connectivity index (χ2v) is 5.52. The Hall–Kier alpha value is -1.49. The number of pyridine rings is 1. The standard InChI is InChI=1S/C15H13Cl2NO3/c16-10-7-11(17)14(18-8-10)15(19)9-2-3-12-13(6-9)21-5-1-4-20-12/h2-3,6-8,15,19H,1,4-5H2. The Kier molecular flexibility index (Phi) is 4.19. The van der Waals surface area contributed by atoms with Crippen molar-refractivity contribution in [1.82, 2.24) is 4.98 Å². The van der Waals surface area contributed by atoms with E-state index in [9.17, 15) is 5.11 Å². The van der Waals surface area contributed by atoms with Crippen LogP contribution >= 0.6 is 23.2 Å². The fourth-order valence-corrected chi connectivity index (χ4v) is 2.62. The van der Waals surface area contributed by atoms with E-state index in [-0.39, 0.29) is 0 Å². The van der Waals surface area contributed by atoms with Crippen molar-refractivity contribution in [3.8, 4) is 11.5 Å². The molecule has 1 unspecified atom stereocenters. The van der Waals surface area contributed by atoms with Crippen LogP contribution in [0.4, 0.5) is 0 Å². The summed E-state index contributed by atoms with van der Waals surface area (Å²) >= 11 is 11.9. The average molecular weight is 326 g/mol. The Labute approximate surface area is 132 Å². The minimum Gasteiger partial charge on any atom is -0.490 e. The van der Waals surface area contributed by atoms with Gasteiger partial charge in [0.15, 0.2) is 11.5 Å². The van der Waals surface area contributed by atoms with E-state index in [2.05, 4.69) is 4.98 Å². The second kappa shape index (κ2) is 6.10. The molecule has 1 N–H and O–H groups in total. The van der Waals surface area contributed by atoms with E-state index < -0.39 is 6.10 Å². The number of aliphatic hydroxyl groups is 1. The first-order valence-electron chi connectivity index (χ1n) is 6.53. The van der Waals surface area contributed by atoms with Gasteiger partial charge in [-0.15, -0.1) is 0 Å². The van der Waals surface area contributed by atoms with Gasteiger partial charge in [0, 0.05) is 12.6 Å². The number of rotatable bonds is 2. The third kappa shape index (κ3) is 3.07. The van der Waals surface area contributed by atoms with E-state index in [1.807, 2.05) is 0 Å². The Bertz CT molecular complexity index is 663. The first-order valence-corrected chi connectivity index (χ1v) is 7.29. The number of benzene rings is 1. The lowest BCUT2D eigenvalue weighted by molar-refractivity contribution is 0.214. The Morgan fingerprint density at radius 3 is 2.62 bits per heavy atom. The average Bonchev–Trinajstić information content (AvgIpc) is 2.71. The highest BCUT2D eigenvalue weighted by Crippen LogP contribution is 2.35. The maximum absolute atomic E-state index is 10.4. The zero-order chi connectivity index (χ0) is 14.8. The van der Waals surface area contributed by atoms with Gasteiger partial charge in [0.05, 0.1) is 29.0 Å². The Morgan fingerprint density at radius 1 is 1.10 bits per heavy atom. The minimum absolute atomic E-state index is 0.321. The molecule has 110 valence electrons. The molecule has 6 heteroatoms. The van der Waals surface area contributed by atoms with Crippen molar-refractivity contribution in [3.05, 3.63) is 51.8 Å². The molecule has 2 aromatic rings. The van der Waals surface area contributed by atoms with Gasteiger partial charge < -0.3 is 14.6 Å². The third-order valence-electron chi connectivity index (χ3n) is 3.18. The molecule has 0 saturated carbocycles. The van der Waals surface area contributed by atoms with Gasteiger partial charge in [-0.2, -0.15) is 0 Å². The van der Waals surface area contributed by atoms with Crippen LogP contribution in [0.15, 0.2) is 30.5 Å². The first-order chi connectivity index (χ1) is 10.1. The lowest BCUT2D eigenvalue weighted by atomic mass is 10.1. The normalized spacial score (nSPS) is 15.4. The number of ether oxygens (including phenoxy) is 2. The molecule has 2 heterocycles. The maximum atomic E-state index is 10.4. The summed E-state index contributed by atoms with van der Waals surface area (Å²) in [5.74, 6) is 1.30. The second-order valence-electron chi connectivity index (χ2n) is 4.68. The number of fused-ring (bicyclic) bond motifs is 1. The van der Waals surface area contributed by atoms with Crippen molar-refractivity contribution in [2.75, 3.05) is 13.2 Å². The molecule has 1 aliphatic rings. The number of nitrogens with zero attached hydrogens (tertiary/aromatic N) is 1. The molecule has 1 aromatic carbocycles. The van der Waals surface area contributed by atoms with Crippen LogP contribution in [0.2, 0.25) is 10.0 Å². The van der Waals surface area contributed by atoms with Crippen molar-refractivity contribution in [3.63, 3.8) is 0 Å². The molecule has 0 aliphatic carbocycles. The highest BCUT2D eigenvalue weighted by Gasteiger charge is 2.19. The minimum atomic E-state index is -0.952.